The Morgan fingerprint density at radius 3 is 2.25 bits per heavy atom. The molecule has 51 heavy (non-hydrogen) atoms. The highest BCUT2D eigenvalue weighted by atomic mass is 32.2. The van der Waals surface area contributed by atoms with E-state index in [4.69, 9.17) is 29.4 Å². The summed E-state index contributed by atoms with van der Waals surface area (Å²) in [5.74, 6) is 0.833. The van der Waals surface area contributed by atoms with Crippen LogP contribution in [0.1, 0.15) is 52.8 Å². The van der Waals surface area contributed by atoms with Crippen molar-refractivity contribution in [3.63, 3.8) is 0 Å². The van der Waals surface area contributed by atoms with Gasteiger partial charge < -0.3 is 44.5 Å². The van der Waals surface area contributed by atoms with Gasteiger partial charge in [0.15, 0.2) is 28.4 Å². The lowest BCUT2D eigenvalue weighted by atomic mass is 10.1. The number of methoxy groups -OCH3 is 2. The van der Waals surface area contributed by atoms with Crippen LogP contribution >= 0.6 is 0 Å². The van der Waals surface area contributed by atoms with Crippen molar-refractivity contribution in [3.05, 3.63) is 59.7 Å². The van der Waals surface area contributed by atoms with Gasteiger partial charge in [-0.2, -0.15) is 8.42 Å². The molecule has 3 saturated heterocycles. The van der Waals surface area contributed by atoms with Crippen LogP contribution in [-0.4, -0.2) is 112 Å². The Kier molecular flexibility index (Phi) is 10.7. The molecule has 16 heteroatoms. The first kappa shape index (κ1) is 36.3. The summed E-state index contributed by atoms with van der Waals surface area (Å²) in [6, 6.07) is 5.27. The molecular weight excluding hydrogens is 682 g/mol. The molecule has 2 unspecified atom stereocenters. The maximum Gasteiger partial charge on any atom is 0.288 e. The van der Waals surface area contributed by atoms with Gasteiger partial charge in [-0.3, -0.25) is 19.5 Å². The second-order valence-electron chi connectivity index (χ2n) is 13.1. The SMILES string of the molecule is C=C1C[C@@H](C2NCCO2)N(C(=O)c2cc(OC)c(OCCCCCOc3cc4c(cc3OC)C(=O)N3CC(=C)C[C@H]3C(S(=O)(=O)O)N4)cc2N)C1. The van der Waals surface area contributed by atoms with E-state index < -0.39 is 27.4 Å². The highest BCUT2D eigenvalue weighted by molar-refractivity contribution is 7.86. The van der Waals surface area contributed by atoms with Crippen molar-refractivity contribution in [1.29, 1.82) is 0 Å². The molecule has 4 aliphatic heterocycles. The quantitative estimate of drug-likeness (QED) is 0.102. The molecule has 5 N–H and O–H groups in total. The Balaban J connectivity index is 1.03. The fourth-order valence-electron chi connectivity index (χ4n) is 7.08. The minimum atomic E-state index is -4.57. The number of ether oxygens (including phenoxy) is 5. The summed E-state index contributed by atoms with van der Waals surface area (Å²) >= 11 is 0. The van der Waals surface area contributed by atoms with Gasteiger partial charge >= 0.3 is 0 Å². The third-order valence-corrected chi connectivity index (χ3v) is 10.6. The second-order valence-corrected chi connectivity index (χ2v) is 14.7. The van der Waals surface area contributed by atoms with E-state index >= 15 is 0 Å². The molecule has 276 valence electrons. The number of fused-ring (bicyclic) bond motifs is 2. The van der Waals surface area contributed by atoms with Gasteiger partial charge in [-0.15, -0.1) is 0 Å². The van der Waals surface area contributed by atoms with E-state index in [1.165, 1.54) is 31.3 Å². The molecule has 0 spiro atoms. The summed E-state index contributed by atoms with van der Waals surface area (Å²) in [4.78, 5) is 30.2. The van der Waals surface area contributed by atoms with Crippen molar-refractivity contribution in [2.75, 3.05) is 64.7 Å². The van der Waals surface area contributed by atoms with Gasteiger partial charge in [0.25, 0.3) is 21.9 Å². The van der Waals surface area contributed by atoms with Gasteiger partial charge in [0.05, 0.1) is 62.9 Å². The predicted octanol–water partition coefficient (Wildman–Crippen LogP) is 3.04. The molecular formula is C35H45N5O10S. The average Bonchev–Trinajstić information content (AvgIpc) is 3.84. The van der Waals surface area contributed by atoms with Crippen LogP contribution < -0.4 is 35.3 Å². The fraction of sp³-hybridized carbons (Fsp3) is 0.486. The Labute approximate surface area is 297 Å². The summed E-state index contributed by atoms with van der Waals surface area (Å²) in [7, 11) is -1.61. The van der Waals surface area contributed by atoms with Crippen LogP contribution in [-0.2, 0) is 14.9 Å². The number of amides is 2. The van der Waals surface area contributed by atoms with Gasteiger partial charge in [-0.05, 0) is 44.2 Å². The zero-order valence-electron chi connectivity index (χ0n) is 28.8. The van der Waals surface area contributed by atoms with Crippen LogP contribution in [0.3, 0.4) is 0 Å². The van der Waals surface area contributed by atoms with Crippen molar-refractivity contribution in [1.82, 2.24) is 15.1 Å². The number of nitrogen functional groups attached to an aromatic ring is 1. The minimum Gasteiger partial charge on any atom is -0.493 e. The number of hydrogen-bond acceptors (Lipinski definition) is 12. The Bertz CT molecular complexity index is 1810. The second kappa shape index (κ2) is 15.0. The molecule has 2 amide bonds. The van der Waals surface area contributed by atoms with Crippen LogP contribution in [0.5, 0.6) is 23.0 Å². The van der Waals surface area contributed by atoms with E-state index in [9.17, 15) is 22.6 Å². The van der Waals surface area contributed by atoms with Crippen molar-refractivity contribution in [2.24, 2.45) is 0 Å². The number of nitrogens with two attached hydrogens (primary N) is 1. The maximum absolute atomic E-state index is 13.6. The lowest BCUT2D eigenvalue weighted by Crippen LogP contribution is -2.47. The van der Waals surface area contributed by atoms with Gasteiger partial charge in [0.1, 0.15) is 6.23 Å². The summed E-state index contributed by atoms with van der Waals surface area (Å²) in [5.41, 5.74) is 9.04. The minimum absolute atomic E-state index is 0.173. The van der Waals surface area contributed by atoms with E-state index in [1.807, 2.05) is 0 Å². The summed E-state index contributed by atoms with van der Waals surface area (Å²) in [6.07, 6.45) is 2.71. The first-order chi connectivity index (χ1) is 24.4. The van der Waals surface area contributed by atoms with Crippen LogP contribution in [0.2, 0.25) is 0 Å². The van der Waals surface area contributed by atoms with Gasteiger partial charge in [0, 0.05) is 37.5 Å². The molecule has 2 aromatic rings. The lowest BCUT2D eigenvalue weighted by molar-refractivity contribution is 0.0272. The highest BCUT2D eigenvalue weighted by Gasteiger charge is 2.46. The van der Waals surface area contributed by atoms with E-state index in [1.54, 1.807) is 17.0 Å². The number of unbranched alkanes of at least 4 members (excludes halogenated alkanes) is 2. The molecule has 15 nitrogen and oxygen atoms in total. The monoisotopic (exact) mass is 727 g/mol. The number of carbonyl (C=O) groups excluding carboxylic acids is 2. The molecule has 0 bridgehead atoms. The number of carbonyl (C=O) groups is 2. The van der Waals surface area contributed by atoms with Crippen LogP contribution in [0.15, 0.2) is 48.6 Å². The molecule has 3 fully saturated rings. The smallest absolute Gasteiger partial charge is 0.288 e. The summed E-state index contributed by atoms with van der Waals surface area (Å²) < 4.78 is 63.5. The van der Waals surface area contributed by atoms with E-state index in [-0.39, 0.29) is 48.1 Å². The molecule has 0 radical (unpaired) electrons. The van der Waals surface area contributed by atoms with Crippen LogP contribution in [0.25, 0.3) is 0 Å². The van der Waals surface area contributed by atoms with Crippen molar-refractivity contribution < 1.29 is 46.2 Å². The van der Waals surface area contributed by atoms with Crippen LogP contribution in [0, 0.1) is 0 Å². The predicted molar refractivity (Wildman–Crippen MR) is 189 cm³/mol. The van der Waals surface area contributed by atoms with Crippen molar-refractivity contribution in [2.45, 2.75) is 55.8 Å². The lowest BCUT2D eigenvalue weighted by Gasteiger charge is -2.29. The molecule has 6 rings (SSSR count). The first-order valence-corrected chi connectivity index (χ1v) is 18.4. The molecule has 0 aliphatic carbocycles. The number of anilines is 2. The highest BCUT2D eigenvalue weighted by Crippen LogP contribution is 2.40. The Hall–Kier alpha value is -4.51. The molecule has 0 aromatic heterocycles. The molecule has 4 heterocycles. The largest absolute Gasteiger partial charge is 0.493 e. The number of nitrogens with zero attached hydrogens (tertiary/aromatic N) is 2. The molecule has 2 aromatic carbocycles. The molecule has 4 atom stereocenters. The third kappa shape index (κ3) is 7.59. The Morgan fingerprint density at radius 1 is 0.961 bits per heavy atom. The Morgan fingerprint density at radius 2 is 1.61 bits per heavy atom. The summed E-state index contributed by atoms with van der Waals surface area (Å²) in [6.45, 7) is 10.6. The average molecular weight is 728 g/mol. The topological polar surface area (TPSA) is 191 Å². The first-order valence-electron chi connectivity index (χ1n) is 16.9. The normalized spacial score (nSPS) is 23.1. The van der Waals surface area contributed by atoms with Gasteiger partial charge in [-0.1, -0.05) is 24.3 Å². The fourth-order valence-corrected chi connectivity index (χ4v) is 7.99. The number of benzene rings is 2. The molecule has 0 saturated carbocycles. The number of rotatable bonds is 13. The molecule has 4 aliphatic rings. The van der Waals surface area contributed by atoms with E-state index in [0.29, 0.717) is 79.8 Å². The zero-order valence-corrected chi connectivity index (χ0v) is 29.6. The number of likely N-dealkylation sites (tertiary alicyclic amines) is 1. The standard InChI is InChI=1S/C35H45N5O10S/c1-20-12-26(32-37-8-11-50-32)39(18-20)34(41)22-14-28(46-3)30(16-24(22)36)48-9-6-5-7-10-49-31-17-25-23(15-29(31)47-4)35(42)40-19-21(2)13-27(40)33(38-25)51(43,44)45/h14-17,26-27,32-33,37-38H,1-2,5-13,18-19,36H2,3-4H3,(H,43,44,45)/t26-,27-,32?,33?/m0/s1. The number of nitrogens with one attached hydrogen (secondary N) is 2. The summed E-state index contributed by atoms with van der Waals surface area (Å²) in [5, 5.41) is 4.72. The zero-order chi connectivity index (χ0) is 36.4. The van der Waals surface area contributed by atoms with Crippen molar-refractivity contribution >= 4 is 33.3 Å². The van der Waals surface area contributed by atoms with Gasteiger partial charge in [0.2, 0.25) is 0 Å². The maximum atomic E-state index is 13.6. The van der Waals surface area contributed by atoms with Crippen molar-refractivity contribution in [3.8, 4) is 23.0 Å². The van der Waals surface area contributed by atoms with Crippen LogP contribution in [0.4, 0.5) is 11.4 Å². The third-order valence-electron chi connectivity index (χ3n) is 9.57. The number of hydrogen-bond donors (Lipinski definition) is 4. The van der Waals surface area contributed by atoms with E-state index in [2.05, 4.69) is 23.8 Å². The van der Waals surface area contributed by atoms with E-state index in [0.717, 1.165) is 18.5 Å². The van der Waals surface area contributed by atoms with Gasteiger partial charge in [-0.25, -0.2) is 0 Å².